The minimum absolute atomic E-state index is 0.161. The molecule has 1 N–H and O–H groups in total. The summed E-state index contributed by atoms with van der Waals surface area (Å²) in [7, 11) is 1.51. The zero-order chi connectivity index (χ0) is 14.0. The summed E-state index contributed by atoms with van der Waals surface area (Å²) in [6, 6.07) is 7.00. The van der Waals surface area contributed by atoms with E-state index in [1.54, 1.807) is 23.0 Å². The van der Waals surface area contributed by atoms with Gasteiger partial charge < -0.3 is 9.84 Å². The molecule has 2 rings (SSSR count). The largest absolute Gasteiger partial charge is 0.497 e. The fraction of sp³-hybridized carbons (Fsp3) is 0.286. The van der Waals surface area contributed by atoms with E-state index < -0.39 is 5.97 Å². The van der Waals surface area contributed by atoms with E-state index in [1.165, 1.54) is 13.2 Å². The molecule has 2 aromatic rings. The summed E-state index contributed by atoms with van der Waals surface area (Å²) in [5.74, 6) is -0.456. The number of carbonyl (C=O) groups is 1. The summed E-state index contributed by atoms with van der Waals surface area (Å²) in [6.45, 7) is 4.00. The van der Waals surface area contributed by atoms with Crippen LogP contribution in [0.15, 0.2) is 30.5 Å². The molecule has 19 heavy (non-hydrogen) atoms. The van der Waals surface area contributed by atoms with Crippen LogP contribution >= 0.6 is 0 Å². The van der Waals surface area contributed by atoms with Crippen LogP contribution in [0.5, 0.6) is 5.75 Å². The lowest BCUT2D eigenvalue weighted by atomic mass is 10.0. The molecule has 5 nitrogen and oxygen atoms in total. The van der Waals surface area contributed by atoms with Gasteiger partial charge in [-0.3, -0.25) is 4.68 Å². The molecule has 1 aromatic carbocycles. The number of benzene rings is 1. The highest BCUT2D eigenvalue weighted by molar-refractivity contribution is 5.96. The van der Waals surface area contributed by atoms with Gasteiger partial charge in [-0.2, -0.15) is 5.10 Å². The van der Waals surface area contributed by atoms with E-state index in [4.69, 9.17) is 4.74 Å². The second-order valence-corrected chi connectivity index (χ2v) is 4.47. The van der Waals surface area contributed by atoms with Gasteiger partial charge in [-0.1, -0.05) is 0 Å². The van der Waals surface area contributed by atoms with Crippen molar-refractivity contribution in [3.8, 4) is 17.0 Å². The van der Waals surface area contributed by atoms with Crippen molar-refractivity contribution in [1.29, 1.82) is 0 Å². The molecule has 0 aliphatic carbocycles. The lowest BCUT2D eigenvalue weighted by Crippen LogP contribution is -2.07. The van der Waals surface area contributed by atoms with Crippen LogP contribution in [0.25, 0.3) is 11.3 Å². The van der Waals surface area contributed by atoms with Crippen LogP contribution in [0.4, 0.5) is 0 Å². The van der Waals surface area contributed by atoms with Crippen molar-refractivity contribution in [2.75, 3.05) is 7.11 Å². The van der Waals surface area contributed by atoms with Crippen molar-refractivity contribution < 1.29 is 14.6 Å². The van der Waals surface area contributed by atoms with E-state index in [1.807, 2.05) is 19.9 Å². The molecule has 0 saturated heterocycles. The molecule has 0 saturated carbocycles. The Kier molecular flexibility index (Phi) is 3.55. The topological polar surface area (TPSA) is 64.4 Å². The van der Waals surface area contributed by atoms with E-state index in [0.717, 1.165) is 5.69 Å². The molecule has 0 radical (unpaired) electrons. The first-order valence-electron chi connectivity index (χ1n) is 5.99. The van der Waals surface area contributed by atoms with E-state index in [0.29, 0.717) is 11.3 Å². The van der Waals surface area contributed by atoms with Gasteiger partial charge in [0, 0.05) is 17.8 Å². The predicted octanol–water partition coefficient (Wildman–Crippen LogP) is 2.84. The van der Waals surface area contributed by atoms with Gasteiger partial charge in [0.2, 0.25) is 0 Å². The minimum atomic E-state index is -0.981. The Morgan fingerprint density at radius 2 is 2.11 bits per heavy atom. The van der Waals surface area contributed by atoms with Gasteiger partial charge in [0.25, 0.3) is 0 Å². The average molecular weight is 260 g/mol. The molecule has 0 unspecified atom stereocenters. The standard InChI is InChI=1S/C14H16N2O3/c1-9(2)16-13(6-7-15-16)11-5-4-10(19-3)8-12(11)14(17)18/h4-9H,1-3H3,(H,17,18). The van der Waals surface area contributed by atoms with Crippen LogP contribution in [0.3, 0.4) is 0 Å². The summed E-state index contributed by atoms with van der Waals surface area (Å²) in [5.41, 5.74) is 1.64. The number of aromatic carboxylic acids is 1. The second-order valence-electron chi connectivity index (χ2n) is 4.47. The highest BCUT2D eigenvalue weighted by Gasteiger charge is 2.17. The first-order chi connectivity index (χ1) is 9.04. The number of hydrogen-bond acceptors (Lipinski definition) is 3. The highest BCUT2D eigenvalue weighted by Crippen LogP contribution is 2.28. The van der Waals surface area contributed by atoms with Crippen molar-refractivity contribution >= 4 is 5.97 Å². The number of carboxylic acid groups (broad SMARTS) is 1. The van der Waals surface area contributed by atoms with Crippen molar-refractivity contribution in [2.45, 2.75) is 19.9 Å². The highest BCUT2D eigenvalue weighted by atomic mass is 16.5. The monoisotopic (exact) mass is 260 g/mol. The van der Waals surface area contributed by atoms with Gasteiger partial charge in [-0.05, 0) is 38.1 Å². The normalized spacial score (nSPS) is 10.7. The summed E-state index contributed by atoms with van der Waals surface area (Å²) < 4.78 is 6.87. The Morgan fingerprint density at radius 1 is 1.37 bits per heavy atom. The van der Waals surface area contributed by atoms with Crippen LogP contribution < -0.4 is 4.74 Å². The smallest absolute Gasteiger partial charge is 0.336 e. The molecule has 100 valence electrons. The first kappa shape index (κ1) is 13.1. The molecular weight excluding hydrogens is 244 g/mol. The fourth-order valence-electron chi connectivity index (χ4n) is 1.99. The summed E-state index contributed by atoms with van der Waals surface area (Å²) in [5, 5.41) is 13.6. The molecule has 5 heteroatoms. The summed E-state index contributed by atoms with van der Waals surface area (Å²) in [4.78, 5) is 11.4. The maximum Gasteiger partial charge on any atom is 0.336 e. The Bertz CT molecular complexity index is 602. The van der Waals surface area contributed by atoms with Crippen LogP contribution in [0.2, 0.25) is 0 Å². The minimum Gasteiger partial charge on any atom is -0.497 e. The van der Waals surface area contributed by atoms with Gasteiger partial charge in [0.1, 0.15) is 5.75 Å². The van der Waals surface area contributed by atoms with Crippen LogP contribution in [0, 0.1) is 0 Å². The molecular formula is C14H16N2O3. The Morgan fingerprint density at radius 3 is 2.68 bits per heavy atom. The predicted molar refractivity (Wildman–Crippen MR) is 71.6 cm³/mol. The quantitative estimate of drug-likeness (QED) is 0.918. The maximum absolute atomic E-state index is 11.4. The van der Waals surface area contributed by atoms with Gasteiger partial charge >= 0.3 is 5.97 Å². The molecule has 0 fully saturated rings. The number of nitrogens with zero attached hydrogens (tertiary/aromatic N) is 2. The lowest BCUT2D eigenvalue weighted by molar-refractivity contribution is 0.0697. The van der Waals surface area contributed by atoms with Crippen LogP contribution in [-0.2, 0) is 0 Å². The van der Waals surface area contributed by atoms with E-state index in [2.05, 4.69) is 5.10 Å². The van der Waals surface area contributed by atoms with Gasteiger partial charge in [0.05, 0.1) is 18.4 Å². The zero-order valence-corrected chi connectivity index (χ0v) is 11.1. The number of aromatic nitrogens is 2. The SMILES string of the molecule is COc1ccc(-c2ccnn2C(C)C)c(C(=O)O)c1. The summed E-state index contributed by atoms with van der Waals surface area (Å²) >= 11 is 0. The molecule has 0 amide bonds. The number of hydrogen-bond donors (Lipinski definition) is 1. The number of rotatable bonds is 4. The summed E-state index contributed by atoms with van der Waals surface area (Å²) in [6.07, 6.45) is 1.67. The lowest BCUT2D eigenvalue weighted by Gasteiger charge is -2.13. The third kappa shape index (κ3) is 2.45. The third-order valence-electron chi connectivity index (χ3n) is 2.89. The van der Waals surface area contributed by atoms with E-state index in [9.17, 15) is 9.90 Å². The first-order valence-corrected chi connectivity index (χ1v) is 5.99. The van der Waals surface area contributed by atoms with Crippen LogP contribution in [-0.4, -0.2) is 28.0 Å². The van der Waals surface area contributed by atoms with Crippen molar-refractivity contribution in [3.63, 3.8) is 0 Å². The molecule has 0 spiro atoms. The average Bonchev–Trinajstić information content (AvgIpc) is 2.87. The molecule has 0 aliphatic rings. The third-order valence-corrected chi connectivity index (χ3v) is 2.89. The molecule has 0 aliphatic heterocycles. The molecule has 0 bridgehead atoms. The maximum atomic E-state index is 11.4. The van der Waals surface area contributed by atoms with Crippen molar-refractivity contribution in [1.82, 2.24) is 9.78 Å². The van der Waals surface area contributed by atoms with Gasteiger partial charge in [0.15, 0.2) is 0 Å². The van der Waals surface area contributed by atoms with E-state index in [-0.39, 0.29) is 11.6 Å². The van der Waals surface area contributed by atoms with E-state index >= 15 is 0 Å². The number of ether oxygens (including phenoxy) is 1. The zero-order valence-electron chi connectivity index (χ0n) is 11.1. The van der Waals surface area contributed by atoms with Crippen molar-refractivity contribution in [3.05, 3.63) is 36.0 Å². The molecule has 0 atom stereocenters. The number of methoxy groups -OCH3 is 1. The Labute approximate surface area is 111 Å². The van der Waals surface area contributed by atoms with Gasteiger partial charge in [-0.25, -0.2) is 4.79 Å². The second kappa shape index (κ2) is 5.14. The molecule has 1 heterocycles. The van der Waals surface area contributed by atoms with Gasteiger partial charge in [-0.15, -0.1) is 0 Å². The molecule has 1 aromatic heterocycles. The van der Waals surface area contributed by atoms with Crippen LogP contribution in [0.1, 0.15) is 30.2 Å². The Balaban J connectivity index is 2.61. The Hall–Kier alpha value is -2.30. The van der Waals surface area contributed by atoms with Crippen molar-refractivity contribution in [2.24, 2.45) is 0 Å². The fourth-order valence-corrected chi connectivity index (χ4v) is 1.99. The number of carboxylic acids is 1.